The van der Waals surface area contributed by atoms with Crippen molar-refractivity contribution in [1.29, 1.82) is 0 Å². The van der Waals surface area contributed by atoms with E-state index in [9.17, 15) is 30.7 Å². The molecule has 1 saturated carbocycles. The maximum absolute atomic E-state index is 12.8. The van der Waals surface area contributed by atoms with Gasteiger partial charge in [-0.2, -0.15) is 26.3 Å². The van der Waals surface area contributed by atoms with E-state index in [1.165, 1.54) is 57.4 Å². The molecule has 3 N–H and O–H groups in total. The van der Waals surface area contributed by atoms with Gasteiger partial charge < -0.3 is 11.1 Å². The Labute approximate surface area is 266 Å². The lowest BCUT2D eigenvalue weighted by atomic mass is 9.81. The monoisotopic (exact) mass is 656 g/mol. The van der Waals surface area contributed by atoms with Crippen LogP contribution in [0.2, 0.25) is 0 Å². The van der Waals surface area contributed by atoms with Gasteiger partial charge in [0.2, 0.25) is 0 Å². The van der Waals surface area contributed by atoms with Crippen LogP contribution in [0.4, 0.5) is 30.7 Å². The van der Waals surface area contributed by atoms with E-state index in [-0.39, 0.29) is 12.7 Å². The molecule has 1 aliphatic rings. The molecular weight excluding hydrogens is 601 g/mol. The van der Waals surface area contributed by atoms with Gasteiger partial charge >= 0.3 is 12.4 Å². The molecule has 2 nitrogen and oxygen atoms in total. The van der Waals surface area contributed by atoms with Crippen LogP contribution < -0.4 is 11.1 Å². The second-order valence-corrected chi connectivity index (χ2v) is 11.2. The van der Waals surface area contributed by atoms with Crippen LogP contribution in [0, 0.1) is 5.82 Å². The highest BCUT2D eigenvalue weighted by Crippen LogP contribution is 2.51. The van der Waals surface area contributed by atoms with Crippen molar-refractivity contribution in [2.45, 2.75) is 128 Å². The maximum atomic E-state index is 12.8. The van der Waals surface area contributed by atoms with E-state index < -0.39 is 23.3 Å². The molecule has 2 atom stereocenters. The molecule has 0 aliphatic heterocycles. The highest BCUT2D eigenvalue weighted by molar-refractivity contribution is 8.00. The molecule has 0 spiro atoms. The number of rotatable bonds is 6. The van der Waals surface area contributed by atoms with Crippen molar-refractivity contribution in [1.82, 2.24) is 5.32 Å². The number of allylic oxidation sites excluding steroid dienone is 1. The topological polar surface area (TPSA) is 38.0 Å². The predicted octanol–water partition coefficient (Wildman–Crippen LogP) is 11.9. The van der Waals surface area contributed by atoms with Crippen molar-refractivity contribution in [2.75, 3.05) is 7.05 Å². The predicted molar refractivity (Wildman–Crippen MR) is 176 cm³/mol. The lowest BCUT2D eigenvalue weighted by Gasteiger charge is -2.34. The molecule has 256 valence electrons. The van der Waals surface area contributed by atoms with Gasteiger partial charge in [-0.25, -0.2) is 4.39 Å². The molecule has 0 radical (unpaired) electrons. The number of thioether (sulfide) groups is 1. The Bertz CT molecular complexity index is 931. The molecule has 3 rings (SSSR count). The van der Waals surface area contributed by atoms with Gasteiger partial charge in [-0.3, -0.25) is 0 Å². The van der Waals surface area contributed by atoms with Crippen molar-refractivity contribution in [3.8, 4) is 0 Å². The second-order valence-electron chi connectivity index (χ2n) is 9.82. The SMILES string of the molecule is C=C(C)NC1CCC(Sc2ccc(F)cc2)C1.CC.CC(c1ccccc1)(C(F)(F)F)C(F)(F)F.CCC.CCCC.CN. The third-order valence-corrected chi connectivity index (χ3v) is 7.24. The summed E-state index contributed by atoms with van der Waals surface area (Å²) in [7, 11) is 1.50. The first kappa shape index (κ1) is 46.2. The van der Waals surface area contributed by atoms with E-state index in [4.69, 9.17) is 0 Å². The zero-order valence-corrected chi connectivity index (χ0v) is 28.7. The molecule has 2 aromatic carbocycles. The van der Waals surface area contributed by atoms with Crippen molar-refractivity contribution in [3.63, 3.8) is 0 Å². The van der Waals surface area contributed by atoms with Crippen LogP contribution in [0.3, 0.4) is 0 Å². The summed E-state index contributed by atoms with van der Waals surface area (Å²) in [5, 5.41) is 4.04. The second kappa shape index (κ2) is 25.0. The minimum absolute atomic E-state index is 0.141. The van der Waals surface area contributed by atoms with Gasteiger partial charge in [0.1, 0.15) is 5.82 Å². The van der Waals surface area contributed by atoms with E-state index >= 15 is 0 Å². The first-order valence-electron chi connectivity index (χ1n) is 15.2. The standard InChI is InChI=1S/C14H18FNS.C10H8F6.C4H10.C3H8.C2H6.CH5N/c1-10(2)16-12-5-8-14(9-12)17-13-6-3-11(15)4-7-13;1-8(9(11,12)13,10(14,15)16)7-5-3-2-4-6-7;1-3-4-2;1-3-2;2*1-2/h3-4,6-7,12,14,16H,1,5,8-9H2,2H3;2-6H,1H3;3-4H2,1-2H3;3H2,1-2H3;1-2H3;2H2,1H3. The first-order chi connectivity index (χ1) is 20.6. The molecule has 0 saturated heterocycles. The Morgan fingerprint density at radius 2 is 1.27 bits per heavy atom. The summed E-state index contributed by atoms with van der Waals surface area (Å²) in [4.78, 5) is 1.16. The van der Waals surface area contributed by atoms with Crippen molar-refractivity contribution in [2.24, 2.45) is 5.73 Å². The van der Waals surface area contributed by atoms with Crippen molar-refractivity contribution >= 4 is 11.8 Å². The number of hydrogen-bond donors (Lipinski definition) is 2. The summed E-state index contributed by atoms with van der Waals surface area (Å²) in [6, 6.07) is 12.6. The summed E-state index contributed by atoms with van der Waals surface area (Å²) in [5.41, 5.74) is 0.902. The van der Waals surface area contributed by atoms with E-state index in [0.717, 1.165) is 41.3 Å². The fraction of sp³-hybridized carbons (Fsp3) is 0.588. The number of benzene rings is 2. The van der Waals surface area contributed by atoms with Gasteiger partial charge in [-0.05, 0) is 70.0 Å². The number of nitrogens with one attached hydrogen (secondary N) is 1. The fourth-order valence-corrected chi connectivity index (χ4v) is 4.75. The van der Waals surface area contributed by atoms with Gasteiger partial charge in [0.05, 0.1) is 0 Å². The van der Waals surface area contributed by atoms with Gasteiger partial charge in [0.15, 0.2) is 5.41 Å². The van der Waals surface area contributed by atoms with Crippen LogP contribution in [-0.4, -0.2) is 30.7 Å². The van der Waals surface area contributed by atoms with Crippen LogP contribution in [0.15, 0.2) is 71.8 Å². The van der Waals surface area contributed by atoms with E-state index in [0.29, 0.717) is 11.3 Å². The quantitative estimate of drug-likeness (QED) is 0.304. The Hall–Kier alpha value is -2.20. The molecule has 44 heavy (non-hydrogen) atoms. The van der Waals surface area contributed by atoms with Crippen molar-refractivity contribution < 1.29 is 30.7 Å². The maximum Gasteiger partial charge on any atom is 0.406 e. The normalized spacial score (nSPS) is 15.6. The lowest BCUT2D eigenvalue weighted by molar-refractivity contribution is -0.297. The Kier molecular flexibility index (Phi) is 26.3. The number of alkyl halides is 6. The molecule has 0 amide bonds. The summed E-state index contributed by atoms with van der Waals surface area (Å²) in [6.07, 6.45) is -3.30. The van der Waals surface area contributed by atoms with Crippen LogP contribution in [-0.2, 0) is 5.41 Å². The van der Waals surface area contributed by atoms with Crippen LogP contribution >= 0.6 is 11.8 Å². The van der Waals surface area contributed by atoms with Gasteiger partial charge in [0.25, 0.3) is 0 Å². The summed E-state index contributed by atoms with van der Waals surface area (Å²) >= 11 is 1.85. The number of hydrogen-bond acceptors (Lipinski definition) is 3. The molecule has 1 fully saturated rings. The Morgan fingerprint density at radius 1 is 0.841 bits per heavy atom. The molecule has 1 aliphatic carbocycles. The van der Waals surface area contributed by atoms with E-state index in [1.54, 1.807) is 0 Å². The highest BCUT2D eigenvalue weighted by Gasteiger charge is 2.68. The Morgan fingerprint density at radius 3 is 1.64 bits per heavy atom. The molecular formula is C34H55F7N2S. The number of unbranched alkanes of at least 4 members (excludes halogenated alkanes) is 1. The molecule has 0 bridgehead atoms. The minimum Gasteiger partial charge on any atom is -0.386 e. The summed E-state index contributed by atoms with van der Waals surface area (Å²) < 4.78 is 88.2. The third kappa shape index (κ3) is 17.9. The van der Waals surface area contributed by atoms with E-state index in [2.05, 4.69) is 45.3 Å². The third-order valence-electron chi connectivity index (χ3n) is 5.94. The summed E-state index contributed by atoms with van der Waals surface area (Å²) in [5.74, 6) is -0.164. The highest BCUT2D eigenvalue weighted by atomic mass is 32.2. The zero-order valence-electron chi connectivity index (χ0n) is 27.9. The summed E-state index contributed by atoms with van der Waals surface area (Å²) in [6.45, 7) is 18.6. The minimum atomic E-state index is -5.38. The largest absolute Gasteiger partial charge is 0.406 e. The first-order valence-corrected chi connectivity index (χ1v) is 16.1. The van der Waals surface area contributed by atoms with Gasteiger partial charge in [-0.15, -0.1) is 11.8 Å². The smallest absolute Gasteiger partial charge is 0.386 e. The van der Waals surface area contributed by atoms with Crippen LogP contribution in [0.1, 0.15) is 99.5 Å². The molecule has 0 heterocycles. The van der Waals surface area contributed by atoms with Gasteiger partial charge in [-0.1, -0.05) is 97.7 Å². The zero-order chi connectivity index (χ0) is 35.0. The lowest BCUT2D eigenvalue weighted by Crippen LogP contribution is -2.51. The van der Waals surface area contributed by atoms with E-state index in [1.807, 2.05) is 44.7 Å². The van der Waals surface area contributed by atoms with Crippen LogP contribution in [0.25, 0.3) is 0 Å². The molecule has 2 unspecified atom stereocenters. The number of nitrogens with two attached hydrogens (primary N) is 1. The molecule has 2 aromatic rings. The molecule has 10 heteroatoms. The molecule has 0 aromatic heterocycles. The number of halogens is 7. The van der Waals surface area contributed by atoms with Gasteiger partial charge in [0, 0.05) is 21.9 Å². The van der Waals surface area contributed by atoms with Crippen molar-refractivity contribution in [3.05, 3.63) is 78.3 Å². The van der Waals surface area contributed by atoms with Crippen LogP contribution in [0.5, 0.6) is 0 Å². The average molecular weight is 657 g/mol. The Balaban J connectivity index is -0.000000578. The fourth-order valence-electron chi connectivity index (χ4n) is 3.49. The average Bonchev–Trinajstić information content (AvgIpc) is 3.42.